The first-order valence-corrected chi connectivity index (χ1v) is 7.11. The van der Waals surface area contributed by atoms with Crippen LogP contribution < -0.4 is 0 Å². The fourth-order valence-corrected chi connectivity index (χ4v) is 3.64. The van der Waals surface area contributed by atoms with Crippen LogP contribution >= 0.6 is 11.6 Å². The van der Waals surface area contributed by atoms with E-state index in [-0.39, 0.29) is 18.3 Å². The lowest BCUT2D eigenvalue weighted by molar-refractivity contribution is -0.154. The molecule has 2 atom stereocenters. The van der Waals surface area contributed by atoms with Gasteiger partial charge in [-0.25, -0.2) is 0 Å². The fourth-order valence-electron chi connectivity index (χ4n) is 3.51. The molecule has 0 unspecified atom stereocenters. The Morgan fingerprint density at radius 1 is 1.25 bits per heavy atom. The van der Waals surface area contributed by atoms with Crippen molar-refractivity contribution in [3.05, 3.63) is 34.9 Å². The Balaban J connectivity index is 2.46. The molecule has 2 rings (SSSR count). The lowest BCUT2D eigenvalue weighted by Crippen LogP contribution is -2.31. The van der Waals surface area contributed by atoms with Gasteiger partial charge in [-0.3, -0.25) is 9.59 Å². The molecule has 0 aliphatic heterocycles. The van der Waals surface area contributed by atoms with Gasteiger partial charge in [0, 0.05) is 10.9 Å². The monoisotopic (exact) mass is 294 g/mol. The number of ketones is 1. The first-order chi connectivity index (χ1) is 9.30. The van der Waals surface area contributed by atoms with Gasteiger partial charge in [-0.1, -0.05) is 37.6 Å². The summed E-state index contributed by atoms with van der Waals surface area (Å²) in [4.78, 5) is 24.5. The van der Waals surface area contributed by atoms with E-state index in [4.69, 9.17) is 16.3 Å². The molecule has 1 aliphatic rings. The molecule has 0 aromatic heterocycles. The molecule has 0 spiro atoms. The van der Waals surface area contributed by atoms with Gasteiger partial charge < -0.3 is 4.74 Å². The highest BCUT2D eigenvalue weighted by atomic mass is 35.5. The number of carbonyl (C=O) groups is 2. The molecule has 0 saturated heterocycles. The van der Waals surface area contributed by atoms with E-state index in [1.54, 1.807) is 19.1 Å². The van der Waals surface area contributed by atoms with Crippen LogP contribution in [0.1, 0.15) is 39.2 Å². The minimum absolute atomic E-state index is 0.138. The Bertz CT molecular complexity index is 547. The molecule has 3 nitrogen and oxygen atoms in total. The molecular weight excluding hydrogens is 276 g/mol. The summed E-state index contributed by atoms with van der Waals surface area (Å²) in [7, 11) is 0. The molecule has 108 valence electrons. The van der Waals surface area contributed by atoms with E-state index in [9.17, 15) is 9.59 Å². The summed E-state index contributed by atoms with van der Waals surface area (Å²) in [6.45, 7) is 7.36. The third-order valence-electron chi connectivity index (χ3n) is 4.44. The maximum atomic E-state index is 12.4. The summed E-state index contributed by atoms with van der Waals surface area (Å²) in [6.07, 6.45) is 0. The normalized spacial score (nSPS) is 26.9. The van der Waals surface area contributed by atoms with Crippen molar-refractivity contribution in [2.75, 3.05) is 6.61 Å². The molecule has 0 radical (unpaired) electrons. The van der Waals surface area contributed by atoms with Crippen molar-refractivity contribution in [1.82, 2.24) is 0 Å². The predicted molar refractivity (Wildman–Crippen MR) is 77.7 cm³/mol. The van der Waals surface area contributed by atoms with Crippen molar-refractivity contribution >= 4 is 23.4 Å². The molecule has 0 bridgehead atoms. The van der Waals surface area contributed by atoms with Crippen LogP contribution in [-0.2, 0) is 14.3 Å². The third-order valence-corrected chi connectivity index (χ3v) is 4.70. The van der Waals surface area contributed by atoms with Gasteiger partial charge in [0.25, 0.3) is 0 Å². The van der Waals surface area contributed by atoms with Crippen LogP contribution in [-0.4, -0.2) is 18.4 Å². The van der Waals surface area contributed by atoms with E-state index in [2.05, 4.69) is 0 Å². The zero-order chi connectivity index (χ0) is 15.1. The highest BCUT2D eigenvalue weighted by Crippen LogP contribution is 2.74. The van der Waals surface area contributed by atoms with E-state index in [0.717, 1.165) is 5.56 Å². The van der Waals surface area contributed by atoms with E-state index in [0.29, 0.717) is 5.02 Å². The Hall–Kier alpha value is -1.35. The average Bonchev–Trinajstić information content (AvgIpc) is 2.89. The Morgan fingerprint density at radius 2 is 1.80 bits per heavy atom. The molecule has 1 saturated carbocycles. The first kappa shape index (κ1) is 15.0. The zero-order valence-electron chi connectivity index (χ0n) is 12.2. The second-order valence-corrected chi connectivity index (χ2v) is 6.23. The van der Waals surface area contributed by atoms with Gasteiger partial charge >= 0.3 is 5.97 Å². The van der Waals surface area contributed by atoms with Crippen molar-refractivity contribution in [3.63, 3.8) is 0 Å². The minimum atomic E-state index is -1.07. The second kappa shape index (κ2) is 4.88. The fraction of sp³-hybridized carbons (Fsp3) is 0.500. The molecule has 0 amide bonds. The highest BCUT2D eigenvalue weighted by molar-refractivity contribution is 6.30. The third kappa shape index (κ3) is 1.87. The number of benzene rings is 1. The molecule has 1 aromatic carbocycles. The highest BCUT2D eigenvalue weighted by Gasteiger charge is 2.79. The van der Waals surface area contributed by atoms with E-state index < -0.39 is 16.8 Å². The Kier molecular flexibility index (Phi) is 3.67. The first-order valence-electron chi connectivity index (χ1n) is 6.73. The van der Waals surface area contributed by atoms with E-state index in [1.165, 1.54) is 6.92 Å². The van der Waals surface area contributed by atoms with Gasteiger partial charge in [-0.2, -0.15) is 0 Å². The molecule has 4 heteroatoms. The summed E-state index contributed by atoms with van der Waals surface area (Å²) >= 11 is 5.90. The standard InChI is InChI=1S/C16H19ClO3/c1-5-20-14(19)16(10(2)18)13(15(16,3)4)11-6-8-12(17)9-7-11/h6-9,13H,5H2,1-4H3/t13-,16+/m1/s1. The van der Waals surface area contributed by atoms with Gasteiger partial charge in [0.05, 0.1) is 6.61 Å². The van der Waals surface area contributed by atoms with Crippen molar-refractivity contribution < 1.29 is 14.3 Å². The van der Waals surface area contributed by atoms with Crippen molar-refractivity contribution in [1.29, 1.82) is 0 Å². The molecular formula is C16H19ClO3. The minimum Gasteiger partial charge on any atom is -0.465 e. The number of esters is 1. The molecule has 1 aromatic rings. The van der Waals surface area contributed by atoms with Crippen LogP contribution in [0.15, 0.2) is 24.3 Å². The summed E-state index contributed by atoms with van der Waals surface area (Å²) in [5.41, 5.74) is -0.571. The number of hydrogen-bond donors (Lipinski definition) is 0. The number of Topliss-reactive ketones (excluding diaryl/α,β-unsaturated/α-hetero) is 1. The van der Waals surface area contributed by atoms with Gasteiger partial charge in [0.1, 0.15) is 11.2 Å². The van der Waals surface area contributed by atoms with Crippen LogP contribution in [0.5, 0.6) is 0 Å². The van der Waals surface area contributed by atoms with Crippen LogP contribution in [0.2, 0.25) is 5.02 Å². The topological polar surface area (TPSA) is 43.4 Å². The van der Waals surface area contributed by atoms with Gasteiger partial charge in [0.15, 0.2) is 0 Å². The van der Waals surface area contributed by atoms with Crippen LogP contribution in [0.25, 0.3) is 0 Å². The van der Waals surface area contributed by atoms with E-state index >= 15 is 0 Å². The SMILES string of the molecule is CCOC(=O)[C@]1(C(C)=O)[C@H](c2ccc(Cl)cc2)C1(C)C. The van der Waals surface area contributed by atoms with Crippen LogP contribution in [0, 0.1) is 10.8 Å². The summed E-state index contributed by atoms with van der Waals surface area (Å²) in [5.74, 6) is -0.720. The molecule has 20 heavy (non-hydrogen) atoms. The molecule has 0 heterocycles. The van der Waals surface area contributed by atoms with Crippen molar-refractivity contribution in [3.8, 4) is 0 Å². The summed E-state index contributed by atoms with van der Waals surface area (Å²) in [6, 6.07) is 7.31. The Labute approximate surface area is 124 Å². The average molecular weight is 295 g/mol. The molecule has 1 fully saturated rings. The van der Waals surface area contributed by atoms with Crippen LogP contribution in [0.4, 0.5) is 0 Å². The predicted octanol–water partition coefficient (Wildman–Crippen LogP) is 3.60. The number of hydrogen-bond acceptors (Lipinski definition) is 3. The number of rotatable bonds is 4. The molecule has 0 N–H and O–H groups in total. The summed E-state index contributed by atoms with van der Waals surface area (Å²) in [5, 5.41) is 0.636. The lowest BCUT2D eigenvalue weighted by Gasteiger charge is -2.15. The number of ether oxygens (including phenoxy) is 1. The van der Waals surface area contributed by atoms with Gasteiger partial charge in [-0.05, 0) is 37.0 Å². The quantitative estimate of drug-likeness (QED) is 0.629. The summed E-state index contributed by atoms with van der Waals surface area (Å²) < 4.78 is 5.16. The number of carbonyl (C=O) groups excluding carboxylic acids is 2. The largest absolute Gasteiger partial charge is 0.465 e. The lowest BCUT2D eigenvalue weighted by atomic mass is 9.91. The van der Waals surface area contributed by atoms with E-state index in [1.807, 2.05) is 26.0 Å². The van der Waals surface area contributed by atoms with Crippen molar-refractivity contribution in [2.24, 2.45) is 10.8 Å². The smallest absolute Gasteiger partial charge is 0.320 e. The number of halogens is 1. The van der Waals surface area contributed by atoms with Gasteiger partial charge in [0.2, 0.25) is 0 Å². The van der Waals surface area contributed by atoms with Crippen molar-refractivity contribution in [2.45, 2.75) is 33.6 Å². The van der Waals surface area contributed by atoms with Crippen LogP contribution in [0.3, 0.4) is 0 Å². The zero-order valence-corrected chi connectivity index (χ0v) is 13.0. The Morgan fingerprint density at radius 3 is 2.25 bits per heavy atom. The maximum Gasteiger partial charge on any atom is 0.320 e. The molecule has 1 aliphatic carbocycles. The second-order valence-electron chi connectivity index (χ2n) is 5.79. The van der Waals surface area contributed by atoms with Gasteiger partial charge in [-0.15, -0.1) is 0 Å². The maximum absolute atomic E-state index is 12.4.